The van der Waals surface area contributed by atoms with E-state index in [1.807, 2.05) is 31.2 Å². The van der Waals surface area contributed by atoms with Crippen molar-refractivity contribution >= 4 is 23.2 Å². The van der Waals surface area contributed by atoms with Gasteiger partial charge in [-0.2, -0.15) is 18.3 Å². The molecule has 0 aliphatic rings. The van der Waals surface area contributed by atoms with Crippen LogP contribution in [-0.4, -0.2) is 65.3 Å². The van der Waals surface area contributed by atoms with Crippen molar-refractivity contribution in [3.63, 3.8) is 0 Å². The molecule has 0 unspecified atom stereocenters. The summed E-state index contributed by atoms with van der Waals surface area (Å²) in [6.45, 7) is 2.72. The van der Waals surface area contributed by atoms with Crippen LogP contribution < -0.4 is 20.1 Å². The number of carbonyl (C=O) groups excluding carboxylic acids is 2. The second kappa shape index (κ2) is 12.8. The highest BCUT2D eigenvalue weighted by molar-refractivity contribution is 5.90. The van der Waals surface area contributed by atoms with Crippen LogP contribution in [0, 0.1) is 6.92 Å². The molecule has 3 aromatic rings. The molecule has 38 heavy (non-hydrogen) atoms. The predicted molar refractivity (Wildman–Crippen MR) is 134 cm³/mol. The van der Waals surface area contributed by atoms with E-state index in [4.69, 9.17) is 9.47 Å². The van der Waals surface area contributed by atoms with Crippen molar-refractivity contribution in [2.24, 2.45) is 0 Å². The lowest BCUT2D eigenvalue weighted by Crippen LogP contribution is -2.33. The lowest BCUT2D eigenvalue weighted by Gasteiger charge is -2.17. The van der Waals surface area contributed by atoms with Gasteiger partial charge >= 0.3 is 6.18 Å². The van der Waals surface area contributed by atoms with Gasteiger partial charge in [0.05, 0.1) is 36.8 Å². The molecule has 0 bridgehead atoms. The van der Waals surface area contributed by atoms with Gasteiger partial charge in [0.15, 0.2) is 0 Å². The van der Waals surface area contributed by atoms with E-state index in [1.165, 1.54) is 29.1 Å². The standard InChI is InChI=1S/C25H29F3N6O4/c1-17-4-6-20(7-5-17)38-11-10-33(2)23(36)16-34-15-19(14-31-34)32-22(35)8-9-29-21-12-18(25(26,27)28)13-30-24(21)37-3/h4-7,12-15,29H,8-11,16H2,1-3H3,(H,32,35). The molecule has 2 heterocycles. The van der Waals surface area contributed by atoms with E-state index in [9.17, 15) is 22.8 Å². The Kier molecular flexibility index (Phi) is 9.52. The topological polar surface area (TPSA) is 111 Å². The fourth-order valence-electron chi connectivity index (χ4n) is 3.26. The number of nitrogens with one attached hydrogen (secondary N) is 2. The smallest absolute Gasteiger partial charge is 0.417 e. The quantitative estimate of drug-likeness (QED) is 0.365. The number of rotatable bonds is 12. The summed E-state index contributed by atoms with van der Waals surface area (Å²) >= 11 is 0. The van der Waals surface area contributed by atoms with Crippen LogP contribution >= 0.6 is 0 Å². The molecule has 10 nitrogen and oxygen atoms in total. The van der Waals surface area contributed by atoms with Gasteiger partial charge in [0, 0.05) is 32.4 Å². The minimum Gasteiger partial charge on any atom is -0.492 e. The summed E-state index contributed by atoms with van der Waals surface area (Å²) in [6, 6.07) is 8.49. The Labute approximate surface area is 217 Å². The van der Waals surface area contributed by atoms with Crippen LogP contribution in [0.25, 0.3) is 0 Å². The summed E-state index contributed by atoms with van der Waals surface area (Å²) in [4.78, 5) is 29.9. The third kappa shape index (κ3) is 8.39. The minimum atomic E-state index is -4.56. The van der Waals surface area contributed by atoms with Crippen molar-refractivity contribution < 1.29 is 32.2 Å². The number of anilines is 2. The molecular weight excluding hydrogens is 505 g/mol. The third-order valence-electron chi connectivity index (χ3n) is 5.40. The Balaban J connectivity index is 1.42. The number of pyridine rings is 1. The molecule has 0 saturated heterocycles. The zero-order valence-corrected chi connectivity index (χ0v) is 21.2. The number of amides is 2. The first-order valence-corrected chi connectivity index (χ1v) is 11.7. The molecule has 1 aromatic carbocycles. The predicted octanol–water partition coefficient (Wildman–Crippen LogP) is 3.59. The first-order valence-electron chi connectivity index (χ1n) is 11.7. The summed E-state index contributed by atoms with van der Waals surface area (Å²) < 4.78 is 50.8. The first kappa shape index (κ1) is 28.3. The largest absolute Gasteiger partial charge is 0.492 e. The van der Waals surface area contributed by atoms with Crippen molar-refractivity contribution in [2.75, 3.05) is 44.5 Å². The molecule has 0 radical (unpaired) electrons. The maximum absolute atomic E-state index is 12.9. The highest BCUT2D eigenvalue weighted by atomic mass is 19.4. The number of alkyl halides is 3. The van der Waals surface area contributed by atoms with Gasteiger partial charge in [0.1, 0.15) is 18.9 Å². The number of hydrogen-bond acceptors (Lipinski definition) is 7. The number of halogens is 3. The molecule has 0 aliphatic carbocycles. The summed E-state index contributed by atoms with van der Waals surface area (Å²) in [6.07, 6.45) is -1.01. The SMILES string of the molecule is COc1ncc(C(F)(F)F)cc1NCCC(=O)Nc1cnn(CC(=O)N(C)CCOc2ccc(C)cc2)c1. The van der Waals surface area contributed by atoms with E-state index < -0.39 is 17.6 Å². The Morgan fingerprint density at radius 2 is 1.89 bits per heavy atom. The van der Waals surface area contributed by atoms with Crippen LogP contribution in [0.1, 0.15) is 17.5 Å². The zero-order chi connectivity index (χ0) is 27.7. The first-order chi connectivity index (χ1) is 18.0. The van der Waals surface area contributed by atoms with Crippen LogP contribution in [0.2, 0.25) is 0 Å². The lowest BCUT2D eigenvalue weighted by molar-refractivity contribution is -0.137. The van der Waals surface area contributed by atoms with Gasteiger partial charge in [-0.15, -0.1) is 0 Å². The molecule has 13 heteroatoms. The van der Waals surface area contributed by atoms with E-state index in [0.717, 1.165) is 17.4 Å². The number of nitrogens with zero attached hydrogens (tertiary/aromatic N) is 4. The van der Waals surface area contributed by atoms with Crippen molar-refractivity contribution in [1.82, 2.24) is 19.7 Å². The highest BCUT2D eigenvalue weighted by Gasteiger charge is 2.32. The molecule has 204 valence electrons. The number of carbonyl (C=O) groups is 2. The molecule has 0 saturated carbocycles. The van der Waals surface area contributed by atoms with Crippen LogP contribution in [-0.2, 0) is 22.3 Å². The Morgan fingerprint density at radius 3 is 2.58 bits per heavy atom. The summed E-state index contributed by atoms with van der Waals surface area (Å²) in [7, 11) is 2.95. The van der Waals surface area contributed by atoms with Crippen molar-refractivity contribution in [3.05, 3.63) is 60.0 Å². The molecular formula is C25H29F3N6O4. The molecule has 0 spiro atoms. The van der Waals surface area contributed by atoms with Gasteiger partial charge < -0.3 is 25.0 Å². The average molecular weight is 535 g/mol. The van der Waals surface area contributed by atoms with Gasteiger partial charge in [-0.3, -0.25) is 14.3 Å². The molecule has 0 fully saturated rings. The van der Waals surface area contributed by atoms with E-state index >= 15 is 0 Å². The maximum Gasteiger partial charge on any atom is 0.417 e. The van der Waals surface area contributed by atoms with Crippen molar-refractivity contribution in [3.8, 4) is 11.6 Å². The van der Waals surface area contributed by atoms with E-state index in [-0.39, 0.29) is 37.0 Å². The number of benzene rings is 1. The Hall–Kier alpha value is -4.29. The van der Waals surface area contributed by atoms with Gasteiger partial charge in [-0.05, 0) is 25.1 Å². The van der Waals surface area contributed by atoms with Crippen molar-refractivity contribution in [2.45, 2.75) is 26.1 Å². The van der Waals surface area contributed by atoms with E-state index in [2.05, 4.69) is 20.7 Å². The number of ether oxygens (including phenoxy) is 2. The number of likely N-dealkylation sites (N-methyl/N-ethyl adjacent to an activating group) is 1. The number of methoxy groups -OCH3 is 1. The molecule has 3 rings (SSSR count). The van der Waals surface area contributed by atoms with Gasteiger partial charge in [-0.25, -0.2) is 4.98 Å². The average Bonchev–Trinajstić information content (AvgIpc) is 3.30. The van der Waals surface area contributed by atoms with Gasteiger partial charge in [0.25, 0.3) is 0 Å². The fraction of sp³-hybridized carbons (Fsp3) is 0.360. The van der Waals surface area contributed by atoms with Gasteiger partial charge in [-0.1, -0.05) is 17.7 Å². The lowest BCUT2D eigenvalue weighted by atomic mass is 10.2. The number of hydrogen-bond donors (Lipinski definition) is 2. The molecule has 2 aromatic heterocycles. The third-order valence-corrected chi connectivity index (χ3v) is 5.40. The molecule has 0 atom stereocenters. The minimum absolute atomic E-state index is 0.0176. The second-order valence-corrected chi connectivity index (χ2v) is 8.41. The monoisotopic (exact) mass is 534 g/mol. The normalized spacial score (nSPS) is 11.1. The molecule has 2 N–H and O–H groups in total. The summed E-state index contributed by atoms with van der Waals surface area (Å²) in [5.41, 5.74) is 0.599. The molecule has 0 aliphatic heterocycles. The van der Waals surface area contributed by atoms with E-state index in [0.29, 0.717) is 25.0 Å². The van der Waals surface area contributed by atoms with Crippen LogP contribution in [0.5, 0.6) is 11.6 Å². The molecule has 2 amide bonds. The zero-order valence-electron chi connectivity index (χ0n) is 21.2. The Bertz CT molecular complexity index is 1230. The number of aromatic nitrogens is 3. The number of aryl methyl sites for hydroxylation is 1. The highest BCUT2D eigenvalue weighted by Crippen LogP contribution is 2.33. The second-order valence-electron chi connectivity index (χ2n) is 8.41. The van der Waals surface area contributed by atoms with Crippen LogP contribution in [0.4, 0.5) is 24.5 Å². The van der Waals surface area contributed by atoms with Crippen LogP contribution in [0.3, 0.4) is 0 Å². The van der Waals surface area contributed by atoms with Crippen molar-refractivity contribution in [1.29, 1.82) is 0 Å². The van der Waals surface area contributed by atoms with Gasteiger partial charge in [0.2, 0.25) is 17.7 Å². The summed E-state index contributed by atoms with van der Waals surface area (Å²) in [5, 5.41) is 9.46. The Morgan fingerprint density at radius 1 is 1.16 bits per heavy atom. The van der Waals surface area contributed by atoms with E-state index in [1.54, 1.807) is 7.05 Å². The van der Waals surface area contributed by atoms with Crippen LogP contribution in [0.15, 0.2) is 48.9 Å². The maximum atomic E-state index is 12.9. The summed E-state index contributed by atoms with van der Waals surface area (Å²) in [5.74, 6) is 0.125. The fourth-order valence-corrected chi connectivity index (χ4v) is 3.26.